The smallest absolute Gasteiger partial charge is 0.143 e. The standard InChI is InChI=1S/C68H44N2O/c1-2-19-56-47(14-1)30-31-52-43-49(36-41-57(52)56)46-34-39-54(40-35-46)69(55-18-12-17-51(44-55)59-24-13-25-63-62-23-6-10-29-67(62)71-68(59)63)53-37-32-45(33-38-53)48-15-11-16-50(42-48)58-20-3-7-26-64(58)70-65-27-8-4-21-60(65)61-22-5-9-28-66(61)70/h1-44H. The van der Waals surface area contributed by atoms with Crippen LogP contribution in [-0.2, 0) is 0 Å². The van der Waals surface area contributed by atoms with Crippen molar-refractivity contribution in [2.75, 3.05) is 4.90 Å². The summed E-state index contributed by atoms with van der Waals surface area (Å²) in [6, 6.07) is 96.7. The minimum absolute atomic E-state index is 0.894. The van der Waals surface area contributed by atoms with Crippen molar-refractivity contribution in [1.29, 1.82) is 0 Å². The molecule has 0 radical (unpaired) electrons. The lowest BCUT2D eigenvalue weighted by atomic mass is 9.97. The Hall–Kier alpha value is -9.44. The molecule has 0 spiro atoms. The lowest BCUT2D eigenvalue weighted by Crippen LogP contribution is -2.10. The van der Waals surface area contributed by atoms with Gasteiger partial charge in [0.15, 0.2) is 0 Å². The van der Waals surface area contributed by atoms with Gasteiger partial charge in [-0.3, -0.25) is 0 Å². The summed E-state index contributed by atoms with van der Waals surface area (Å²) in [5, 5.41) is 9.80. The first-order valence-corrected chi connectivity index (χ1v) is 24.3. The summed E-state index contributed by atoms with van der Waals surface area (Å²) in [4.78, 5) is 2.36. The first-order valence-electron chi connectivity index (χ1n) is 24.3. The number of hydrogen-bond donors (Lipinski definition) is 0. The van der Waals surface area contributed by atoms with Crippen molar-refractivity contribution < 1.29 is 4.42 Å². The Morgan fingerprint density at radius 1 is 0.282 bits per heavy atom. The molecule has 0 unspecified atom stereocenters. The van der Waals surface area contributed by atoms with E-state index in [1.807, 2.05) is 12.1 Å². The summed E-state index contributed by atoms with van der Waals surface area (Å²) in [6.45, 7) is 0. The number of anilines is 3. The Bertz CT molecular complexity index is 4290. The van der Waals surface area contributed by atoms with Crippen molar-refractivity contribution in [2.45, 2.75) is 0 Å². The van der Waals surface area contributed by atoms with E-state index in [0.717, 1.165) is 66.9 Å². The molecule has 3 nitrogen and oxygen atoms in total. The van der Waals surface area contributed by atoms with Gasteiger partial charge in [-0.2, -0.15) is 0 Å². The zero-order valence-corrected chi connectivity index (χ0v) is 38.7. The summed E-state index contributed by atoms with van der Waals surface area (Å²) in [5.41, 5.74) is 17.7. The molecule has 0 fully saturated rings. The molecule has 14 aromatic rings. The maximum Gasteiger partial charge on any atom is 0.143 e. The average Bonchev–Trinajstić information content (AvgIpc) is 4.00. The van der Waals surface area contributed by atoms with Gasteiger partial charge in [-0.25, -0.2) is 0 Å². The summed E-state index contributed by atoms with van der Waals surface area (Å²) < 4.78 is 8.96. The number of nitrogens with zero attached hydrogens (tertiary/aromatic N) is 2. The molecule has 0 aliphatic heterocycles. The lowest BCUT2D eigenvalue weighted by molar-refractivity contribution is 0.670. The second-order valence-electron chi connectivity index (χ2n) is 18.5. The predicted octanol–water partition coefficient (Wildman–Crippen LogP) is 19.1. The van der Waals surface area contributed by atoms with E-state index in [4.69, 9.17) is 4.42 Å². The number of hydrogen-bond acceptors (Lipinski definition) is 2. The second kappa shape index (κ2) is 16.7. The van der Waals surface area contributed by atoms with E-state index in [1.54, 1.807) is 0 Å². The second-order valence-corrected chi connectivity index (χ2v) is 18.5. The third-order valence-electron chi connectivity index (χ3n) is 14.4. The van der Waals surface area contributed by atoms with Gasteiger partial charge in [0.2, 0.25) is 0 Å². The van der Waals surface area contributed by atoms with E-state index in [1.165, 1.54) is 65.6 Å². The van der Waals surface area contributed by atoms with Crippen molar-refractivity contribution in [3.63, 3.8) is 0 Å². The molecular formula is C68H44N2O. The van der Waals surface area contributed by atoms with Crippen molar-refractivity contribution in [3.05, 3.63) is 267 Å². The van der Waals surface area contributed by atoms with Gasteiger partial charge in [0.1, 0.15) is 11.2 Å². The van der Waals surface area contributed by atoms with E-state index in [9.17, 15) is 0 Å². The van der Waals surface area contributed by atoms with E-state index in [-0.39, 0.29) is 0 Å². The topological polar surface area (TPSA) is 21.3 Å². The molecule has 0 N–H and O–H groups in total. The van der Waals surface area contributed by atoms with Gasteiger partial charge in [-0.1, -0.05) is 194 Å². The molecule has 2 aromatic heterocycles. The van der Waals surface area contributed by atoms with Crippen molar-refractivity contribution in [2.24, 2.45) is 0 Å². The van der Waals surface area contributed by atoms with Gasteiger partial charge in [0.25, 0.3) is 0 Å². The molecule has 0 aliphatic rings. The van der Waals surface area contributed by atoms with Crippen LogP contribution >= 0.6 is 0 Å². The van der Waals surface area contributed by atoms with E-state index in [2.05, 4.69) is 264 Å². The Morgan fingerprint density at radius 2 is 0.803 bits per heavy atom. The minimum Gasteiger partial charge on any atom is -0.455 e. The molecule has 0 bridgehead atoms. The van der Waals surface area contributed by atoms with Crippen LogP contribution in [0.15, 0.2) is 271 Å². The fourth-order valence-corrected chi connectivity index (χ4v) is 11.0. The fraction of sp³-hybridized carbons (Fsp3) is 0. The first kappa shape index (κ1) is 40.6. The molecule has 3 heteroatoms. The Morgan fingerprint density at radius 3 is 1.56 bits per heavy atom. The number of rotatable bonds is 8. The van der Waals surface area contributed by atoms with E-state index >= 15 is 0 Å². The van der Waals surface area contributed by atoms with Gasteiger partial charge < -0.3 is 13.9 Å². The highest BCUT2D eigenvalue weighted by molar-refractivity contribution is 6.11. The van der Waals surface area contributed by atoms with Crippen LogP contribution in [0.1, 0.15) is 0 Å². The number of benzene rings is 12. The summed E-state index contributed by atoms with van der Waals surface area (Å²) in [7, 11) is 0. The van der Waals surface area contributed by atoms with Crippen LogP contribution in [0.4, 0.5) is 17.1 Å². The van der Waals surface area contributed by atoms with E-state index in [0.29, 0.717) is 0 Å². The molecule has 0 amide bonds. The normalized spacial score (nSPS) is 11.7. The molecule has 0 saturated heterocycles. The number of furan rings is 1. The molecule has 14 rings (SSSR count). The highest BCUT2D eigenvalue weighted by Crippen LogP contribution is 2.42. The summed E-state index contributed by atoms with van der Waals surface area (Å²) in [6.07, 6.45) is 0. The van der Waals surface area contributed by atoms with Gasteiger partial charge in [-0.15, -0.1) is 0 Å². The van der Waals surface area contributed by atoms with Crippen LogP contribution in [0, 0.1) is 0 Å². The minimum atomic E-state index is 0.894. The lowest BCUT2D eigenvalue weighted by Gasteiger charge is -2.26. The summed E-state index contributed by atoms with van der Waals surface area (Å²) >= 11 is 0. The highest BCUT2D eigenvalue weighted by atomic mass is 16.3. The molecule has 0 saturated carbocycles. The third kappa shape index (κ3) is 6.89. The summed E-state index contributed by atoms with van der Waals surface area (Å²) in [5.74, 6) is 0. The van der Waals surface area contributed by atoms with Gasteiger partial charge in [0, 0.05) is 49.7 Å². The molecule has 71 heavy (non-hydrogen) atoms. The van der Waals surface area contributed by atoms with Crippen LogP contribution in [0.25, 0.3) is 115 Å². The van der Waals surface area contributed by atoms with Gasteiger partial charge in [0.05, 0.1) is 16.7 Å². The highest BCUT2D eigenvalue weighted by Gasteiger charge is 2.19. The van der Waals surface area contributed by atoms with Gasteiger partial charge >= 0.3 is 0 Å². The van der Waals surface area contributed by atoms with Crippen LogP contribution in [0.2, 0.25) is 0 Å². The molecule has 0 aliphatic carbocycles. The average molecular weight is 905 g/mol. The van der Waals surface area contributed by atoms with Crippen molar-refractivity contribution in [1.82, 2.24) is 4.57 Å². The molecule has 332 valence electrons. The fourth-order valence-electron chi connectivity index (χ4n) is 11.0. The Balaban J connectivity index is 0.850. The largest absolute Gasteiger partial charge is 0.455 e. The monoisotopic (exact) mass is 904 g/mol. The van der Waals surface area contributed by atoms with Crippen LogP contribution in [0.3, 0.4) is 0 Å². The number of para-hydroxylation sites is 5. The third-order valence-corrected chi connectivity index (χ3v) is 14.4. The quantitative estimate of drug-likeness (QED) is 0.142. The van der Waals surface area contributed by atoms with Crippen LogP contribution in [0.5, 0.6) is 0 Å². The molecule has 0 atom stereocenters. The zero-order valence-electron chi connectivity index (χ0n) is 38.7. The van der Waals surface area contributed by atoms with Crippen LogP contribution in [-0.4, -0.2) is 4.57 Å². The maximum atomic E-state index is 6.55. The van der Waals surface area contributed by atoms with Crippen molar-refractivity contribution in [3.8, 4) is 50.2 Å². The number of fused-ring (bicyclic) bond motifs is 9. The van der Waals surface area contributed by atoms with Crippen LogP contribution < -0.4 is 4.90 Å². The SMILES string of the molecule is c1cc(-c2ccc(N(c3ccc(-c4ccc5c(ccc6ccccc65)c4)cc3)c3cccc(-c4cccc5c4oc4ccccc45)c3)cc2)cc(-c2ccccc2-n2c3ccccc3c3ccccc32)c1. The Kier molecular flexibility index (Phi) is 9.53. The molecular weight excluding hydrogens is 861 g/mol. The van der Waals surface area contributed by atoms with Crippen molar-refractivity contribution >= 4 is 82.4 Å². The van der Waals surface area contributed by atoms with Gasteiger partial charge in [-0.05, 0) is 128 Å². The predicted molar refractivity (Wildman–Crippen MR) is 299 cm³/mol. The zero-order chi connectivity index (χ0) is 46.8. The molecule has 2 heterocycles. The number of aromatic nitrogens is 1. The maximum absolute atomic E-state index is 6.55. The Labute approximate surface area is 411 Å². The van der Waals surface area contributed by atoms with E-state index < -0.39 is 0 Å². The molecule has 12 aromatic carbocycles. The first-order chi connectivity index (χ1) is 35.2.